The van der Waals surface area contributed by atoms with Crippen molar-refractivity contribution >= 4 is 0 Å². The number of hydrogen-bond donors (Lipinski definition) is 2. The molecule has 0 bridgehead atoms. The van der Waals surface area contributed by atoms with Crippen LogP contribution in [0.4, 0.5) is 0 Å². The summed E-state index contributed by atoms with van der Waals surface area (Å²) in [6, 6.07) is 0. The second-order valence-electron chi connectivity index (χ2n) is 3.26. The van der Waals surface area contributed by atoms with Gasteiger partial charge in [-0.3, -0.25) is 0 Å². The van der Waals surface area contributed by atoms with Crippen molar-refractivity contribution in [2.24, 2.45) is 23.3 Å². The molecule has 4 N–H and O–H groups in total. The van der Waals surface area contributed by atoms with Crippen LogP contribution in [0.25, 0.3) is 0 Å². The van der Waals surface area contributed by atoms with Crippen LogP contribution in [0.15, 0.2) is 0 Å². The Morgan fingerprint density at radius 1 is 0.611 bits per heavy atom. The molecule has 2 nitrogen and oxygen atoms in total. The SMILES string of the molecule is C#C.CC.CC.CC.CC(C)CN.CC(C)CN. The highest BCUT2D eigenvalue weighted by Crippen LogP contribution is 1.81. The van der Waals surface area contributed by atoms with Crippen molar-refractivity contribution in [3.63, 3.8) is 0 Å². The van der Waals surface area contributed by atoms with Gasteiger partial charge in [0.1, 0.15) is 0 Å². The van der Waals surface area contributed by atoms with Gasteiger partial charge in [-0.1, -0.05) is 69.2 Å². The molecule has 0 rings (SSSR count). The average molecular weight is 263 g/mol. The summed E-state index contributed by atoms with van der Waals surface area (Å²) in [7, 11) is 0. The van der Waals surface area contributed by atoms with E-state index in [-0.39, 0.29) is 0 Å². The first kappa shape index (κ1) is 36.0. The highest BCUT2D eigenvalue weighted by atomic mass is 14.5. The van der Waals surface area contributed by atoms with Gasteiger partial charge in [0.2, 0.25) is 0 Å². The maximum atomic E-state index is 5.17. The number of terminal acetylenes is 1. The lowest BCUT2D eigenvalue weighted by atomic mass is 10.2. The molecule has 18 heavy (non-hydrogen) atoms. The first-order valence-electron chi connectivity index (χ1n) is 7.28. The van der Waals surface area contributed by atoms with Crippen molar-refractivity contribution in [2.45, 2.75) is 69.2 Å². The summed E-state index contributed by atoms with van der Waals surface area (Å²) < 4.78 is 0. The van der Waals surface area contributed by atoms with Gasteiger partial charge >= 0.3 is 0 Å². The highest BCUT2D eigenvalue weighted by molar-refractivity contribution is 4.47. The molecule has 0 fully saturated rings. The summed E-state index contributed by atoms with van der Waals surface area (Å²) in [5.41, 5.74) is 10.3. The molecule has 0 saturated carbocycles. The minimum atomic E-state index is 0.662. The molecule has 0 unspecified atom stereocenters. The molecule has 0 aromatic rings. The van der Waals surface area contributed by atoms with Gasteiger partial charge in [-0.25, -0.2) is 0 Å². The Labute approximate surface area is 119 Å². The Hall–Kier alpha value is -0.520. The molecule has 0 heterocycles. The highest BCUT2D eigenvalue weighted by Gasteiger charge is 1.80. The lowest BCUT2D eigenvalue weighted by molar-refractivity contribution is 0.664. The summed E-state index contributed by atoms with van der Waals surface area (Å²) in [4.78, 5) is 0. The van der Waals surface area contributed by atoms with Crippen LogP contribution in [0.5, 0.6) is 0 Å². The number of rotatable bonds is 2. The quantitative estimate of drug-likeness (QED) is 0.718. The standard InChI is InChI=1S/2C4H11N.3C2H6.C2H2/c2*1-4(2)3-5;4*1-2/h2*4H,3,5H2,1-2H3;3*1-2H3;1-2H. The molecule has 0 spiro atoms. The zero-order chi connectivity index (χ0) is 16.6. The summed E-state index contributed by atoms with van der Waals surface area (Å²) in [6.07, 6.45) is 8.00. The topological polar surface area (TPSA) is 52.0 Å². The predicted molar refractivity (Wildman–Crippen MR) is 91.7 cm³/mol. The first-order valence-corrected chi connectivity index (χ1v) is 7.28. The minimum absolute atomic E-state index is 0.662. The van der Waals surface area contributed by atoms with Crippen LogP contribution in [0, 0.1) is 24.7 Å². The summed E-state index contributed by atoms with van der Waals surface area (Å²) in [6.45, 7) is 22.0. The third-order valence-corrected chi connectivity index (χ3v) is 0.943. The van der Waals surface area contributed by atoms with Gasteiger partial charge < -0.3 is 11.5 Å². The van der Waals surface area contributed by atoms with Crippen LogP contribution in [-0.2, 0) is 0 Å². The van der Waals surface area contributed by atoms with Gasteiger partial charge in [-0.2, -0.15) is 0 Å². The van der Waals surface area contributed by atoms with E-state index in [2.05, 4.69) is 40.5 Å². The van der Waals surface area contributed by atoms with E-state index in [1.54, 1.807) is 0 Å². The minimum Gasteiger partial charge on any atom is -0.330 e. The van der Waals surface area contributed by atoms with Gasteiger partial charge in [-0.15, -0.1) is 12.8 Å². The Morgan fingerprint density at radius 2 is 0.667 bits per heavy atom. The molecule has 2 heteroatoms. The van der Waals surface area contributed by atoms with Gasteiger partial charge in [0.25, 0.3) is 0 Å². The lowest BCUT2D eigenvalue weighted by Crippen LogP contribution is -2.05. The largest absolute Gasteiger partial charge is 0.330 e. The molecular formula is C16H42N2. The van der Waals surface area contributed by atoms with Gasteiger partial charge in [0.15, 0.2) is 0 Å². The third kappa shape index (κ3) is 268. The molecule has 0 atom stereocenters. The van der Waals surface area contributed by atoms with Gasteiger partial charge in [0, 0.05) is 0 Å². The average Bonchev–Trinajstić information content (AvgIpc) is 2.48. The van der Waals surface area contributed by atoms with Crippen LogP contribution in [0.3, 0.4) is 0 Å². The molecule has 0 aromatic carbocycles. The second-order valence-corrected chi connectivity index (χ2v) is 3.26. The maximum Gasteiger partial charge on any atom is -0.00541 e. The van der Waals surface area contributed by atoms with E-state index in [4.69, 9.17) is 11.5 Å². The fourth-order valence-corrected chi connectivity index (χ4v) is 0. The molecule has 0 radical (unpaired) electrons. The monoisotopic (exact) mass is 262 g/mol. The first-order chi connectivity index (χ1) is 8.54. The van der Waals surface area contributed by atoms with Crippen molar-refractivity contribution < 1.29 is 0 Å². The van der Waals surface area contributed by atoms with Crippen molar-refractivity contribution in [3.8, 4) is 12.8 Å². The van der Waals surface area contributed by atoms with E-state index in [9.17, 15) is 0 Å². The van der Waals surface area contributed by atoms with Gasteiger partial charge in [-0.05, 0) is 24.9 Å². The number of hydrogen-bond acceptors (Lipinski definition) is 2. The maximum absolute atomic E-state index is 5.17. The molecule has 0 aliphatic carbocycles. The van der Waals surface area contributed by atoms with Crippen molar-refractivity contribution in [2.75, 3.05) is 13.1 Å². The second kappa shape index (κ2) is 70.6. The summed E-state index contributed by atoms with van der Waals surface area (Å²) in [5.74, 6) is 1.32. The Kier molecular flexibility index (Phi) is 141. The zero-order valence-electron chi connectivity index (χ0n) is 14.9. The normalized spacial score (nSPS) is 6.44. The Morgan fingerprint density at radius 3 is 0.667 bits per heavy atom. The molecule has 0 saturated heterocycles. The van der Waals surface area contributed by atoms with Crippen LogP contribution < -0.4 is 11.5 Å². The van der Waals surface area contributed by atoms with E-state index < -0.39 is 0 Å². The smallest absolute Gasteiger partial charge is 0.00541 e. The predicted octanol–water partition coefficient (Wildman–Crippen LogP) is 4.53. The van der Waals surface area contributed by atoms with Crippen molar-refractivity contribution in [1.82, 2.24) is 0 Å². The molecule has 0 aliphatic rings. The fourth-order valence-electron chi connectivity index (χ4n) is 0. The molecule has 116 valence electrons. The lowest BCUT2D eigenvalue weighted by Gasteiger charge is -1.91. The van der Waals surface area contributed by atoms with Crippen LogP contribution in [-0.4, -0.2) is 13.1 Å². The van der Waals surface area contributed by atoms with Crippen molar-refractivity contribution in [3.05, 3.63) is 0 Å². The zero-order valence-corrected chi connectivity index (χ0v) is 14.9. The molecule has 0 aliphatic heterocycles. The number of nitrogens with two attached hydrogens (primary N) is 2. The third-order valence-electron chi connectivity index (χ3n) is 0.943. The van der Waals surface area contributed by atoms with E-state index in [0.29, 0.717) is 11.8 Å². The summed E-state index contributed by atoms with van der Waals surface area (Å²) in [5, 5.41) is 0. The Balaban J connectivity index is -0.0000000260. The molecular weight excluding hydrogens is 220 g/mol. The molecule has 0 amide bonds. The van der Waals surface area contributed by atoms with E-state index >= 15 is 0 Å². The molecule has 0 aromatic heterocycles. The van der Waals surface area contributed by atoms with E-state index in [0.717, 1.165) is 13.1 Å². The fraction of sp³-hybridized carbons (Fsp3) is 0.875. The van der Waals surface area contributed by atoms with E-state index in [1.807, 2.05) is 41.5 Å². The van der Waals surface area contributed by atoms with Crippen LogP contribution >= 0.6 is 0 Å². The van der Waals surface area contributed by atoms with Crippen LogP contribution in [0.2, 0.25) is 0 Å². The van der Waals surface area contributed by atoms with Crippen molar-refractivity contribution in [1.29, 1.82) is 0 Å². The summed E-state index contributed by atoms with van der Waals surface area (Å²) >= 11 is 0. The van der Waals surface area contributed by atoms with Crippen LogP contribution in [0.1, 0.15) is 69.2 Å². The Bertz CT molecular complexity index is 68.4. The van der Waals surface area contributed by atoms with E-state index in [1.165, 1.54) is 0 Å². The van der Waals surface area contributed by atoms with Gasteiger partial charge in [0.05, 0.1) is 0 Å².